The number of unbranched alkanes of at least 4 members (excludes halogenated alkanes) is 2. The van der Waals surface area contributed by atoms with E-state index in [0.29, 0.717) is 0 Å². The number of nitrogens with zero attached hydrogens (tertiary/aromatic N) is 1. The minimum absolute atomic E-state index is 0. The second kappa shape index (κ2) is 14.2. The first-order valence-electron chi connectivity index (χ1n) is 13.2. The van der Waals surface area contributed by atoms with Crippen LogP contribution in [0.3, 0.4) is 0 Å². The highest BCUT2D eigenvalue weighted by molar-refractivity contribution is 7.95. The zero-order valence-corrected chi connectivity index (χ0v) is 23.3. The molecule has 0 heterocycles. The third-order valence-electron chi connectivity index (χ3n) is 6.85. The molecular formula is C33H39ClNP. The maximum Gasteiger partial charge on any atom is 0.116 e. The van der Waals surface area contributed by atoms with Crippen molar-refractivity contribution in [2.24, 2.45) is 0 Å². The summed E-state index contributed by atoms with van der Waals surface area (Å²) in [4.78, 5) is 2.60. The summed E-state index contributed by atoms with van der Waals surface area (Å²) in [6.07, 6.45) is 5.96. The molecule has 0 radical (unpaired) electrons. The average Bonchev–Trinajstić information content (AvgIpc) is 2.93. The van der Waals surface area contributed by atoms with E-state index in [4.69, 9.17) is 0 Å². The van der Waals surface area contributed by atoms with Gasteiger partial charge < -0.3 is 17.3 Å². The number of rotatable bonds is 12. The first-order chi connectivity index (χ1) is 17.3. The normalized spacial score (nSPS) is 11.1. The molecule has 1 nitrogen and oxygen atoms in total. The summed E-state index contributed by atoms with van der Waals surface area (Å²) in [5, 5.41) is 4.32. The molecule has 0 saturated carbocycles. The van der Waals surface area contributed by atoms with Gasteiger partial charge in [-0.2, -0.15) is 0 Å². The molecule has 0 unspecified atom stereocenters. The minimum atomic E-state index is -1.89. The highest BCUT2D eigenvalue weighted by Crippen LogP contribution is 2.58. The van der Waals surface area contributed by atoms with Gasteiger partial charge in [0.15, 0.2) is 0 Å². The molecule has 4 aromatic carbocycles. The van der Waals surface area contributed by atoms with Crippen molar-refractivity contribution in [3.05, 3.63) is 121 Å². The van der Waals surface area contributed by atoms with E-state index in [1.807, 2.05) is 0 Å². The molecule has 0 atom stereocenters. The smallest absolute Gasteiger partial charge is 0.116 e. The topological polar surface area (TPSA) is 3.24 Å². The zero-order valence-electron chi connectivity index (χ0n) is 21.7. The summed E-state index contributed by atoms with van der Waals surface area (Å²) in [5.41, 5.74) is 2.79. The van der Waals surface area contributed by atoms with Gasteiger partial charge in [-0.05, 0) is 66.9 Å². The highest BCUT2D eigenvalue weighted by atomic mass is 35.5. The van der Waals surface area contributed by atoms with Crippen molar-refractivity contribution in [2.45, 2.75) is 45.7 Å². The first-order valence-corrected chi connectivity index (χ1v) is 15.1. The predicted octanol–water partition coefficient (Wildman–Crippen LogP) is 4.59. The van der Waals surface area contributed by atoms with Gasteiger partial charge in [-0.1, -0.05) is 93.4 Å². The van der Waals surface area contributed by atoms with Crippen molar-refractivity contribution in [1.82, 2.24) is 0 Å². The van der Waals surface area contributed by atoms with Crippen LogP contribution in [0.2, 0.25) is 0 Å². The lowest BCUT2D eigenvalue weighted by molar-refractivity contribution is -0.00000704. The summed E-state index contributed by atoms with van der Waals surface area (Å²) in [7, 11) is -1.89. The number of halogens is 1. The van der Waals surface area contributed by atoms with Crippen molar-refractivity contribution in [2.75, 3.05) is 18.0 Å². The molecule has 3 heteroatoms. The van der Waals surface area contributed by atoms with Crippen LogP contribution in [0.1, 0.15) is 45.1 Å². The maximum atomic E-state index is 2.60. The lowest BCUT2D eigenvalue weighted by Crippen LogP contribution is -3.00. The van der Waals surface area contributed by atoms with Gasteiger partial charge in [-0.25, -0.2) is 0 Å². The molecule has 0 amide bonds. The fourth-order valence-electron chi connectivity index (χ4n) is 4.96. The largest absolute Gasteiger partial charge is 1.00 e. The van der Waals surface area contributed by atoms with Crippen LogP contribution in [0.4, 0.5) is 5.69 Å². The Morgan fingerprint density at radius 2 is 1.00 bits per heavy atom. The van der Waals surface area contributed by atoms with Gasteiger partial charge in [0.05, 0.1) is 6.16 Å². The number of benzene rings is 4. The monoisotopic (exact) mass is 515 g/mol. The molecule has 4 rings (SSSR count). The summed E-state index contributed by atoms with van der Waals surface area (Å²) in [5.74, 6) is 0. The van der Waals surface area contributed by atoms with Crippen molar-refractivity contribution in [3.63, 3.8) is 0 Å². The molecule has 0 aliphatic carbocycles. The number of hydrogen-bond donors (Lipinski definition) is 0. The molecule has 0 aliphatic heterocycles. The van der Waals surface area contributed by atoms with Crippen LogP contribution in [0.25, 0.3) is 0 Å². The van der Waals surface area contributed by atoms with E-state index in [0.717, 1.165) is 19.3 Å². The second-order valence-corrected chi connectivity index (χ2v) is 12.8. The van der Waals surface area contributed by atoms with Crippen LogP contribution in [-0.4, -0.2) is 13.1 Å². The minimum Gasteiger partial charge on any atom is -1.00 e. The lowest BCUT2D eigenvalue weighted by atomic mass is 10.2. The van der Waals surface area contributed by atoms with Crippen molar-refractivity contribution in [1.29, 1.82) is 0 Å². The van der Waals surface area contributed by atoms with Crippen LogP contribution in [0, 0.1) is 0 Å². The third kappa shape index (κ3) is 6.58. The van der Waals surface area contributed by atoms with Gasteiger partial charge in [0.2, 0.25) is 0 Å². The van der Waals surface area contributed by atoms with Crippen molar-refractivity contribution in [3.8, 4) is 0 Å². The highest BCUT2D eigenvalue weighted by Gasteiger charge is 2.45. The van der Waals surface area contributed by atoms with Gasteiger partial charge in [0, 0.05) is 18.8 Å². The second-order valence-electron chi connectivity index (χ2n) is 9.34. The molecule has 0 bridgehead atoms. The Morgan fingerprint density at radius 1 is 0.556 bits per heavy atom. The third-order valence-corrected chi connectivity index (χ3v) is 11.2. The SMILES string of the molecule is CCCCN(CCCC)c1cccc(C[P+](c2ccccc2)(c2ccccc2)c2ccccc2)c1.[Cl-]. The van der Waals surface area contributed by atoms with Gasteiger partial charge >= 0.3 is 0 Å². The lowest BCUT2D eigenvalue weighted by Gasteiger charge is -2.29. The van der Waals surface area contributed by atoms with E-state index in [9.17, 15) is 0 Å². The van der Waals surface area contributed by atoms with Gasteiger partial charge in [-0.15, -0.1) is 0 Å². The Balaban J connectivity index is 0.00000361. The van der Waals surface area contributed by atoms with Gasteiger partial charge in [0.25, 0.3) is 0 Å². The molecule has 0 saturated heterocycles. The molecule has 188 valence electrons. The zero-order chi connectivity index (χ0) is 24.3. The summed E-state index contributed by atoms with van der Waals surface area (Å²) in [6, 6.07) is 43.0. The van der Waals surface area contributed by atoms with E-state index in [2.05, 4.69) is 134 Å². The van der Waals surface area contributed by atoms with Gasteiger partial charge in [-0.3, -0.25) is 0 Å². The maximum absolute atomic E-state index is 2.60. The van der Waals surface area contributed by atoms with E-state index in [1.54, 1.807) is 0 Å². The molecular weight excluding hydrogens is 477 g/mol. The summed E-state index contributed by atoms with van der Waals surface area (Å²) in [6.45, 7) is 6.84. The quantitative estimate of drug-likeness (QED) is 0.249. The van der Waals surface area contributed by atoms with Crippen LogP contribution in [0.5, 0.6) is 0 Å². The Kier molecular flexibility index (Phi) is 11.1. The average molecular weight is 516 g/mol. The molecule has 0 fully saturated rings. The Labute approximate surface area is 225 Å². The van der Waals surface area contributed by atoms with Crippen molar-refractivity contribution >= 4 is 28.9 Å². The predicted molar refractivity (Wildman–Crippen MR) is 157 cm³/mol. The van der Waals surface area contributed by atoms with Crippen LogP contribution >= 0.6 is 7.26 Å². The van der Waals surface area contributed by atoms with Crippen LogP contribution in [0.15, 0.2) is 115 Å². The number of hydrogen-bond acceptors (Lipinski definition) is 1. The van der Waals surface area contributed by atoms with E-state index < -0.39 is 7.26 Å². The Morgan fingerprint density at radius 3 is 1.42 bits per heavy atom. The van der Waals surface area contributed by atoms with Crippen molar-refractivity contribution < 1.29 is 12.4 Å². The molecule has 0 N–H and O–H groups in total. The number of anilines is 1. The fourth-order valence-corrected chi connectivity index (χ4v) is 9.19. The van der Waals surface area contributed by atoms with Crippen LogP contribution in [-0.2, 0) is 6.16 Å². The Hall–Kier alpha value is -2.60. The van der Waals surface area contributed by atoms with Gasteiger partial charge in [0.1, 0.15) is 23.2 Å². The molecule has 0 aliphatic rings. The van der Waals surface area contributed by atoms with E-state index in [1.165, 1.54) is 52.8 Å². The fraction of sp³-hybridized carbons (Fsp3) is 0.273. The summed E-state index contributed by atoms with van der Waals surface area (Å²) < 4.78 is 0. The molecule has 0 spiro atoms. The first kappa shape index (κ1) is 28.0. The molecule has 4 aromatic rings. The standard InChI is InChI=1S/C33H39NP.ClH/c1-3-5-25-34(26-6-4-2)30-18-16-17-29(27-30)28-35(31-19-10-7-11-20-31,32-21-12-8-13-22-32)33-23-14-9-15-24-33;/h7-24,27H,3-6,25-26,28H2,1-2H3;1H/q+1;/p-1. The molecule has 36 heavy (non-hydrogen) atoms. The van der Waals surface area contributed by atoms with E-state index in [-0.39, 0.29) is 12.4 Å². The summed E-state index contributed by atoms with van der Waals surface area (Å²) >= 11 is 0. The Bertz CT molecular complexity index is 1040. The molecule has 0 aromatic heterocycles. The van der Waals surface area contributed by atoms with E-state index >= 15 is 0 Å². The van der Waals surface area contributed by atoms with Crippen LogP contribution < -0.4 is 33.2 Å².